The molecule has 0 amide bonds. The number of nitrogens with zero attached hydrogens (tertiary/aromatic N) is 4. The maximum Gasteiger partial charge on any atom is 0.432 e. The van der Waals surface area contributed by atoms with Crippen molar-refractivity contribution in [3.8, 4) is 0 Å². The highest BCUT2D eigenvalue weighted by atomic mass is 32.1. The summed E-state index contributed by atoms with van der Waals surface area (Å²) >= 11 is 1.57. The Labute approximate surface area is 190 Å². The van der Waals surface area contributed by atoms with E-state index in [4.69, 9.17) is 0 Å². The van der Waals surface area contributed by atoms with Crippen molar-refractivity contribution < 1.29 is 26.3 Å². The molecule has 182 valence electrons. The lowest BCUT2D eigenvalue weighted by Crippen LogP contribution is -2.24. The van der Waals surface area contributed by atoms with Crippen molar-refractivity contribution in [2.24, 2.45) is 10.2 Å². The van der Waals surface area contributed by atoms with E-state index in [1.807, 2.05) is 13.8 Å². The highest BCUT2D eigenvalue weighted by Gasteiger charge is 2.36. The summed E-state index contributed by atoms with van der Waals surface area (Å²) in [5.41, 5.74) is -1.63. The van der Waals surface area contributed by atoms with Crippen LogP contribution in [0.15, 0.2) is 21.0 Å². The van der Waals surface area contributed by atoms with Crippen molar-refractivity contribution in [1.82, 2.24) is 9.13 Å². The van der Waals surface area contributed by atoms with E-state index in [0.29, 0.717) is 12.8 Å². The van der Waals surface area contributed by atoms with Crippen LogP contribution in [0.4, 0.5) is 26.3 Å². The van der Waals surface area contributed by atoms with Gasteiger partial charge in [0.1, 0.15) is 11.4 Å². The molecule has 2 aromatic rings. The average Bonchev–Trinajstić information content (AvgIpc) is 3.30. The van der Waals surface area contributed by atoms with Gasteiger partial charge in [-0.25, -0.2) is 0 Å². The fourth-order valence-corrected chi connectivity index (χ4v) is 4.95. The van der Waals surface area contributed by atoms with Crippen molar-refractivity contribution in [3.63, 3.8) is 0 Å². The number of hydrogen-bond donors (Lipinski definition) is 0. The van der Waals surface area contributed by atoms with E-state index in [1.54, 1.807) is 0 Å². The molecular weight excluding hydrogens is 474 g/mol. The van der Waals surface area contributed by atoms with Crippen molar-refractivity contribution >= 4 is 22.7 Å². The lowest BCUT2D eigenvalue weighted by molar-refractivity contribution is -0.144. The van der Waals surface area contributed by atoms with Gasteiger partial charge in [-0.1, -0.05) is 52.4 Å². The third-order valence-electron chi connectivity index (χ3n) is 4.87. The van der Waals surface area contributed by atoms with Gasteiger partial charge in [-0.3, -0.25) is 0 Å². The summed E-state index contributed by atoms with van der Waals surface area (Å²) in [6.45, 7) is 4.27. The van der Waals surface area contributed by atoms with E-state index in [0.717, 1.165) is 81.1 Å². The van der Waals surface area contributed by atoms with Crippen LogP contribution in [0.25, 0.3) is 0 Å². The zero-order chi connectivity index (χ0) is 23.8. The number of halogens is 6. The SMILES string of the molecule is CCCCCCn1c(C(F)(F)F)csc1=NN=c1scc(C(F)(F)F)n1CCCCCC. The predicted molar refractivity (Wildman–Crippen MR) is 114 cm³/mol. The lowest BCUT2D eigenvalue weighted by Gasteiger charge is -2.11. The largest absolute Gasteiger partial charge is 0.432 e. The van der Waals surface area contributed by atoms with E-state index in [9.17, 15) is 26.3 Å². The molecule has 4 nitrogen and oxygen atoms in total. The molecule has 0 aromatic carbocycles. The maximum absolute atomic E-state index is 13.4. The van der Waals surface area contributed by atoms with Gasteiger partial charge in [-0.05, 0) is 12.8 Å². The molecule has 2 aromatic heterocycles. The second kappa shape index (κ2) is 12.1. The molecule has 0 spiro atoms. The summed E-state index contributed by atoms with van der Waals surface area (Å²) < 4.78 is 82.5. The first-order chi connectivity index (χ1) is 15.1. The van der Waals surface area contributed by atoms with E-state index in [2.05, 4.69) is 10.2 Å². The van der Waals surface area contributed by atoms with Gasteiger partial charge in [0.25, 0.3) is 0 Å². The number of hydrogen-bond acceptors (Lipinski definition) is 4. The van der Waals surface area contributed by atoms with E-state index < -0.39 is 23.7 Å². The van der Waals surface area contributed by atoms with E-state index in [-0.39, 0.29) is 22.7 Å². The van der Waals surface area contributed by atoms with Crippen LogP contribution in [-0.2, 0) is 25.4 Å². The molecule has 0 saturated carbocycles. The summed E-state index contributed by atoms with van der Waals surface area (Å²) in [6, 6.07) is 0. The molecule has 32 heavy (non-hydrogen) atoms. The van der Waals surface area contributed by atoms with Crippen molar-refractivity contribution in [2.45, 2.75) is 90.7 Å². The Morgan fingerprint density at radius 3 is 1.34 bits per heavy atom. The molecule has 2 heterocycles. The van der Waals surface area contributed by atoms with Crippen LogP contribution in [0.5, 0.6) is 0 Å². The van der Waals surface area contributed by atoms with Gasteiger partial charge >= 0.3 is 12.4 Å². The van der Waals surface area contributed by atoms with Gasteiger partial charge in [0.15, 0.2) is 0 Å². The van der Waals surface area contributed by atoms with Crippen molar-refractivity contribution in [3.05, 3.63) is 31.8 Å². The highest BCUT2D eigenvalue weighted by molar-refractivity contribution is 7.07. The van der Waals surface area contributed by atoms with Gasteiger partial charge < -0.3 is 9.13 Å². The van der Waals surface area contributed by atoms with Gasteiger partial charge in [0, 0.05) is 23.8 Å². The number of unbranched alkanes of at least 4 members (excludes halogenated alkanes) is 6. The Kier molecular flexibility index (Phi) is 10.1. The second-order valence-electron chi connectivity index (χ2n) is 7.43. The fourth-order valence-electron chi connectivity index (χ4n) is 3.18. The molecule has 0 aliphatic heterocycles. The first kappa shape index (κ1) is 26.7. The second-order valence-corrected chi connectivity index (χ2v) is 9.10. The van der Waals surface area contributed by atoms with Crippen LogP contribution in [0.2, 0.25) is 0 Å². The molecule has 0 N–H and O–H groups in total. The summed E-state index contributed by atoms with van der Waals surface area (Å²) in [4.78, 5) is 0.0432. The molecule has 0 atom stereocenters. The van der Waals surface area contributed by atoms with E-state index >= 15 is 0 Å². The Morgan fingerprint density at radius 1 is 0.656 bits per heavy atom. The smallest absolute Gasteiger partial charge is 0.311 e. The van der Waals surface area contributed by atoms with Crippen LogP contribution < -0.4 is 9.60 Å². The third-order valence-corrected chi connectivity index (χ3v) is 6.58. The van der Waals surface area contributed by atoms with Crippen LogP contribution in [0.1, 0.15) is 76.6 Å². The molecule has 0 bridgehead atoms. The van der Waals surface area contributed by atoms with Gasteiger partial charge in [0.05, 0.1) is 0 Å². The third kappa shape index (κ3) is 7.50. The van der Waals surface area contributed by atoms with Gasteiger partial charge in [0.2, 0.25) is 9.60 Å². The molecule has 0 unspecified atom stereocenters. The molecule has 0 radical (unpaired) electrons. The predicted octanol–water partition coefficient (Wildman–Crippen LogP) is 7.03. The molecule has 0 saturated heterocycles. The first-order valence-electron chi connectivity index (χ1n) is 10.7. The molecule has 0 fully saturated rings. The maximum atomic E-state index is 13.4. The molecule has 0 aliphatic carbocycles. The molecule has 2 rings (SSSR count). The molecular formula is C20H28F6N4S2. The Hall–Kier alpha value is -1.56. The summed E-state index contributed by atoms with van der Waals surface area (Å²) in [5, 5.41) is 9.83. The average molecular weight is 503 g/mol. The molecule has 0 aliphatic rings. The van der Waals surface area contributed by atoms with E-state index in [1.165, 1.54) is 0 Å². The number of thiazole rings is 2. The van der Waals surface area contributed by atoms with Crippen LogP contribution in [-0.4, -0.2) is 9.13 Å². The number of aromatic nitrogens is 2. The van der Waals surface area contributed by atoms with Crippen molar-refractivity contribution in [2.75, 3.05) is 0 Å². The zero-order valence-corrected chi connectivity index (χ0v) is 19.7. The summed E-state index contributed by atoms with van der Waals surface area (Å²) in [7, 11) is 0. The van der Waals surface area contributed by atoms with Crippen LogP contribution >= 0.6 is 22.7 Å². The number of rotatable bonds is 11. The normalized spacial score (nSPS) is 14.0. The lowest BCUT2D eigenvalue weighted by atomic mass is 10.2. The first-order valence-corrected chi connectivity index (χ1v) is 12.4. The highest BCUT2D eigenvalue weighted by Crippen LogP contribution is 2.30. The quantitative estimate of drug-likeness (QED) is 0.180. The minimum absolute atomic E-state index is 0.0216. The van der Waals surface area contributed by atoms with Crippen LogP contribution in [0, 0.1) is 0 Å². The Balaban J connectivity index is 2.44. The standard InChI is InChI=1S/C20H28F6N4S2/c1-3-5-7-9-11-29-15(19(21,22)23)13-31-17(29)27-28-18-30(12-10-8-6-4-2)16(14-32-18)20(24,25)26/h13-14H,3-12H2,1-2H3. The zero-order valence-electron chi connectivity index (χ0n) is 18.1. The minimum Gasteiger partial charge on any atom is -0.311 e. The Morgan fingerprint density at radius 2 is 1.03 bits per heavy atom. The Bertz CT molecular complexity index is 884. The van der Waals surface area contributed by atoms with Crippen molar-refractivity contribution in [1.29, 1.82) is 0 Å². The van der Waals surface area contributed by atoms with Gasteiger partial charge in [-0.2, -0.15) is 26.3 Å². The summed E-state index contributed by atoms with van der Waals surface area (Å²) in [5.74, 6) is 0. The minimum atomic E-state index is -4.54. The van der Waals surface area contributed by atoms with Crippen LogP contribution in [0.3, 0.4) is 0 Å². The fraction of sp³-hybridized carbons (Fsp3) is 0.700. The monoisotopic (exact) mass is 502 g/mol. The molecule has 12 heteroatoms. The topological polar surface area (TPSA) is 34.6 Å². The number of alkyl halides is 6. The summed E-state index contributed by atoms with van der Waals surface area (Å²) in [6.07, 6.45) is -2.69. The van der Waals surface area contributed by atoms with Gasteiger partial charge in [-0.15, -0.1) is 32.9 Å².